The van der Waals surface area contributed by atoms with E-state index in [0.29, 0.717) is 12.8 Å². The van der Waals surface area contributed by atoms with Crippen molar-refractivity contribution in [1.82, 2.24) is 10.6 Å². The Morgan fingerprint density at radius 2 is 0.802 bits per heavy atom. The molecule has 4 aliphatic rings. The molecule has 534 valence electrons. The van der Waals surface area contributed by atoms with E-state index in [-0.39, 0.29) is 12.3 Å². The molecule has 91 heavy (non-hydrogen) atoms. The SMILES string of the molecule is CCCCCCCCCCCCCC=C[C@@H](O)[C@H](CO[C@@H]1O[C@H](CO)[C@@H](O[C@@H]2O[C@H](CO)[C@H](O[C@H]3O[C@H](CO)[C@H](O)[C@H](O[C@@H]4O[C@H](CO)[C@H](O)[C@H](O)[C@H]4NC(C)=O)[C@H]3O)[C@H](O)[C@H]2O)[C@H](O)C1O)NC(=O)CCCCCCCCCCCCCCCCCCCCC. The average molecular weight is 1310 g/mol. The molecule has 4 saturated heterocycles. The van der Waals surface area contributed by atoms with Crippen LogP contribution in [0, 0.1) is 0 Å². The highest BCUT2D eigenvalue weighted by Crippen LogP contribution is 2.35. The van der Waals surface area contributed by atoms with Crippen molar-refractivity contribution in [2.75, 3.05) is 33.0 Å². The molecular weight excluding hydrogens is 1190 g/mol. The van der Waals surface area contributed by atoms with Gasteiger partial charge in [0.2, 0.25) is 11.8 Å². The summed E-state index contributed by atoms with van der Waals surface area (Å²) in [5.41, 5.74) is 0. The number of hydrogen-bond acceptors (Lipinski definition) is 23. The van der Waals surface area contributed by atoms with Gasteiger partial charge < -0.3 is 115 Å². The summed E-state index contributed by atoms with van der Waals surface area (Å²) in [5.74, 6) is -1.00. The second kappa shape index (κ2) is 46.9. The van der Waals surface area contributed by atoms with E-state index >= 15 is 0 Å². The molecule has 0 aromatic rings. The van der Waals surface area contributed by atoms with Crippen LogP contribution < -0.4 is 10.6 Å². The summed E-state index contributed by atoms with van der Waals surface area (Å²) in [6.45, 7) is 1.64. The van der Waals surface area contributed by atoms with Crippen molar-refractivity contribution in [3.8, 4) is 0 Å². The lowest BCUT2D eigenvalue weighted by Gasteiger charge is -2.49. The molecule has 0 radical (unpaired) electrons. The Morgan fingerprint density at radius 3 is 1.25 bits per heavy atom. The number of ether oxygens (including phenoxy) is 8. The Kier molecular flexibility index (Phi) is 41.9. The standard InChI is InChI=1S/C66H122N2O23/c1-4-6-8-10-12-14-16-18-19-20-21-22-23-25-27-29-31-33-35-37-50(75)68-44(45(74)36-34-32-30-28-26-24-17-15-13-11-9-7-5-2)42-84-64-57(81)55(79)60(48(40-71)87-64)89-65-58(82)56(80)61(49(41-72)88-65)90-66-59(83)62(53(77)47(39-70)86-66)91-63-51(67-43(3)73)54(78)52(76)46(38-69)85-63/h34,36,44-49,51-66,69-72,74,76-83H,4-33,35,37-42H2,1-3H3,(H,67,73)(H,68,75)/t44-,45+,46+,47+,48+,49+,51+,52-,53-,54+,55+,56+,57?,58+,59+,60+,61-,62-,63-,64+,65-,66+/m0/s1. The van der Waals surface area contributed by atoms with E-state index in [1.807, 2.05) is 6.08 Å². The zero-order chi connectivity index (χ0) is 66.5. The van der Waals surface area contributed by atoms with E-state index in [4.69, 9.17) is 37.9 Å². The number of carbonyl (C=O) groups excluding carboxylic acids is 2. The molecule has 25 heteroatoms. The van der Waals surface area contributed by atoms with E-state index in [0.717, 1.165) is 45.4 Å². The summed E-state index contributed by atoms with van der Waals surface area (Å²) < 4.78 is 46.5. The maximum Gasteiger partial charge on any atom is 0.220 e. The molecule has 0 spiro atoms. The molecule has 15 N–H and O–H groups in total. The normalized spacial score (nSPS) is 32.9. The highest BCUT2D eigenvalue weighted by Gasteiger charge is 2.56. The molecule has 0 bridgehead atoms. The minimum atomic E-state index is -2.09. The van der Waals surface area contributed by atoms with Crippen LogP contribution in [0.3, 0.4) is 0 Å². The third-order valence-corrected chi connectivity index (χ3v) is 18.1. The van der Waals surface area contributed by atoms with Crippen LogP contribution in [-0.4, -0.2) is 246 Å². The predicted octanol–water partition coefficient (Wildman–Crippen LogP) is 3.34. The van der Waals surface area contributed by atoms with E-state index < -0.39 is 174 Å². The van der Waals surface area contributed by atoms with Crippen LogP contribution in [-0.2, 0) is 47.5 Å². The van der Waals surface area contributed by atoms with Crippen LogP contribution in [0.4, 0.5) is 0 Å². The van der Waals surface area contributed by atoms with Gasteiger partial charge in [-0.2, -0.15) is 0 Å². The molecule has 0 saturated carbocycles. The summed E-state index contributed by atoms with van der Waals surface area (Å²) in [6, 6.07) is -2.53. The first-order chi connectivity index (χ1) is 44.0. The maximum absolute atomic E-state index is 13.4. The highest BCUT2D eigenvalue weighted by atomic mass is 16.8. The summed E-state index contributed by atoms with van der Waals surface area (Å²) in [5, 5.41) is 147. The number of hydrogen-bond donors (Lipinski definition) is 15. The fourth-order valence-electron chi connectivity index (χ4n) is 12.4. The van der Waals surface area contributed by atoms with Crippen molar-refractivity contribution in [3.63, 3.8) is 0 Å². The average Bonchev–Trinajstić information content (AvgIpc) is 0.859. The first kappa shape index (κ1) is 81.3. The Labute approximate surface area is 540 Å². The van der Waals surface area contributed by atoms with Gasteiger partial charge in [-0.25, -0.2) is 0 Å². The molecule has 0 aliphatic carbocycles. The van der Waals surface area contributed by atoms with Crippen LogP contribution >= 0.6 is 0 Å². The van der Waals surface area contributed by atoms with E-state index in [1.54, 1.807) is 6.08 Å². The van der Waals surface area contributed by atoms with Crippen molar-refractivity contribution in [2.24, 2.45) is 0 Å². The van der Waals surface area contributed by atoms with Gasteiger partial charge in [0.25, 0.3) is 0 Å². The first-order valence-electron chi connectivity index (χ1n) is 34.9. The number of carbonyl (C=O) groups is 2. The number of nitrogens with one attached hydrogen (secondary N) is 2. The fraction of sp³-hybridized carbons (Fsp3) is 0.939. The molecule has 0 aromatic carbocycles. The Balaban J connectivity index is 1.31. The zero-order valence-electron chi connectivity index (χ0n) is 54.9. The summed E-state index contributed by atoms with van der Waals surface area (Å²) >= 11 is 0. The zero-order valence-corrected chi connectivity index (χ0v) is 54.9. The van der Waals surface area contributed by atoms with Gasteiger partial charge >= 0.3 is 0 Å². The number of aliphatic hydroxyl groups is 13. The Morgan fingerprint density at radius 1 is 0.429 bits per heavy atom. The monoisotopic (exact) mass is 1310 g/mol. The first-order valence-corrected chi connectivity index (χ1v) is 34.9. The second-order valence-electron chi connectivity index (χ2n) is 25.7. The van der Waals surface area contributed by atoms with Crippen molar-refractivity contribution in [3.05, 3.63) is 12.2 Å². The molecule has 25 nitrogen and oxygen atoms in total. The molecule has 4 rings (SSSR count). The Hall–Kier alpha value is -2.16. The number of allylic oxidation sites excluding steroid dienone is 1. The number of aliphatic hydroxyl groups excluding tert-OH is 13. The van der Waals surface area contributed by atoms with Crippen molar-refractivity contribution in [1.29, 1.82) is 0 Å². The van der Waals surface area contributed by atoms with Crippen LogP contribution in [0.15, 0.2) is 12.2 Å². The molecule has 22 atom stereocenters. The Bertz CT molecular complexity index is 1900. The van der Waals surface area contributed by atoms with Gasteiger partial charge in [-0.05, 0) is 19.3 Å². The summed E-state index contributed by atoms with van der Waals surface area (Å²) in [4.78, 5) is 25.5. The lowest BCUT2D eigenvalue weighted by Crippen LogP contribution is -2.69. The lowest BCUT2D eigenvalue weighted by molar-refractivity contribution is -0.386. The van der Waals surface area contributed by atoms with Crippen LogP contribution in [0.2, 0.25) is 0 Å². The maximum atomic E-state index is 13.4. The van der Waals surface area contributed by atoms with Crippen LogP contribution in [0.25, 0.3) is 0 Å². The highest BCUT2D eigenvalue weighted by molar-refractivity contribution is 5.76. The number of unbranched alkanes of at least 4 members (excludes halogenated alkanes) is 29. The van der Waals surface area contributed by atoms with Gasteiger partial charge in [-0.3, -0.25) is 9.59 Å². The van der Waals surface area contributed by atoms with Crippen molar-refractivity contribution < 1.29 is 114 Å². The van der Waals surface area contributed by atoms with E-state index in [2.05, 4.69) is 24.5 Å². The predicted molar refractivity (Wildman–Crippen MR) is 335 cm³/mol. The van der Waals surface area contributed by atoms with Gasteiger partial charge in [0.15, 0.2) is 25.2 Å². The summed E-state index contributed by atoms with van der Waals surface area (Å²) in [6.07, 6.45) is 5.61. The van der Waals surface area contributed by atoms with Crippen LogP contribution in [0.5, 0.6) is 0 Å². The summed E-state index contributed by atoms with van der Waals surface area (Å²) in [7, 11) is 0. The van der Waals surface area contributed by atoms with Gasteiger partial charge in [-0.15, -0.1) is 0 Å². The van der Waals surface area contributed by atoms with Gasteiger partial charge in [0.1, 0.15) is 97.6 Å². The largest absolute Gasteiger partial charge is 0.394 e. The van der Waals surface area contributed by atoms with E-state index in [1.165, 1.54) is 148 Å². The number of rotatable bonds is 49. The minimum absolute atomic E-state index is 0.219. The third-order valence-electron chi connectivity index (χ3n) is 18.1. The molecule has 4 aliphatic heterocycles. The topological polar surface area (TPSA) is 395 Å². The molecule has 2 amide bonds. The fourth-order valence-corrected chi connectivity index (χ4v) is 12.4. The van der Waals surface area contributed by atoms with E-state index in [9.17, 15) is 76.0 Å². The molecule has 0 aromatic heterocycles. The molecule has 1 unspecified atom stereocenters. The van der Waals surface area contributed by atoms with Crippen molar-refractivity contribution in [2.45, 2.75) is 361 Å². The molecule has 4 heterocycles. The smallest absolute Gasteiger partial charge is 0.220 e. The van der Waals surface area contributed by atoms with Gasteiger partial charge in [0, 0.05) is 13.3 Å². The third kappa shape index (κ3) is 28.4. The number of amides is 2. The second-order valence-corrected chi connectivity index (χ2v) is 25.7. The molecular formula is C66H122N2O23. The van der Waals surface area contributed by atoms with Gasteiger partial charge in [0.05, 0.1) is 45.2 Å². The quantitative estimate of drug-likeness (QED) is 0.0307. The molecule has 4 fully saturated rings. The van der Waals surface area contributed by atoms with Gasteiger partial charge in [-0.1, -0.05) is 206 Å². The van der Waals surface area contributed by atoms with Crippen LogP contribution in [0.1, 0.15) is 226 Å². The minimum Gasteiger partial charge on any atom is -0.394 e. The van der Waals surface area contributed by atoms with Crippen molar-refractivity contribution >= 4 is 11.8 Å². The lowest BCUT2D eigenvalue weighted by atomic mass is 9.95.